The van der Waals surface area contributed by atoms with E-state index in [0.717, 1.165) is 12.1 Å². The molecule has 94 valence electrons. The molecule has 1 aromatic heterocycles. The Bertz CT molecular complexity index is 388. The Labute approximate surface area is 109 Å². The summed E-state index contributed by atoms with van der Waals surface area (Å²) in [6.45, 7) is 10.4. The van der Waals surface area contributed by atoms with Gasteiger partial charge in [-0.25, -0.2) is 0 Å². The van der Waals surface area contributed by atoms with Gasteiger partial charge in [0.25, 0.3) is 0 Å². The van der Waals surface area contributed by atoms with Crippen LogP contribution >= 0.6 is 11.3 Å². The number of rotatable bonds is 4. The molecule has 2 nitrogen and oxygen atoms in total. The van der Waals surface area contributed by atoms with Crippen molar-refractivity contribution in [3.63, 3.8) is 0 Å². The van der Waals surface area contributed by atoms with Crippen LogP contribution in [-0.2, 0) is 6.54 Å². The van der Waals surface area contributed by atoms with Crippen molar-refractivity contribution < 1.29 is 0 Å². The van der Waals surface area contributed by atoms with Gasteiger partial charge in [-0.15, -0.1) is 11.3 Å². The van der Waals surface area contributed by atoms with E-state index in [0.29, 0.717) is 18.6 Å². The Kier molecular flexibility index (Phi) is 5.70. The van der Waals surface area contributed by atoms with Crippen molar-refractivity contribution in [2.45, 2.75) is 46.3 Å². The lowest BCUT2D eigenvalue weighted by Gasteiger charge is -2.29. The van der Waals surface area contributed by atoms with E-state index in [9.17, 15) is 0 Å². The van der Waals surface area contributed by atoms with E-state index in [1.165, 1.54) is 4.88 Å². The molecule has 0 aromatic carbocycles. The second-order valence-electron chi connectivity index (χ2n) is 4.67. The molecule has 0 aliphatic heterocycles. The molecule has 0 saturated carbocycles. The lowest BCUT2D eigenvalue weighted by atomic mass is 10.2. The van der Waals surface area contributed by atoms with Crippen LogP contribution in [0.5, 0.6) is 0 Å². The van der Waals surface area contributed by atoms with Crippen molar-refractivity contribution >= 4 is 11.3 Å². The molecule has 3 heteroatoms. The summed E-state index contributed by atoms with van der Waals surface area (Å²) in [7, 11) is 0. The van der Waals surface area contributed by atoms with E-state index < -0.39 is 0 Å². The Balaban J connectivity index is 2.70. The summed E-state index contributed by atoms with van der Waals surface area (Å²) < 4.78 is 0. The highest BCUT2D eigenvalue weighted by Gasteiger charge is 2.14. The zero-order valence-corrected chi connectivity index (χ0v) is 12.0. The minimum Gasteiger partial charge on any atom is -0.320 e. The Morgan fingerprint density at radius 2 is 1.94 bits per heavy atom. The maximum absolute atomic E-state index is 5.36. The van der Waals surface area contributed by atoms with Gasteiger partial charge in [-0.3, -0.25) is 4.90 Å². The van der Waals surface area contributed by atoms with Crippen LogP contribution in [0.4, 0.5) is 0 Å². The largest absolute Gasteiger partial charge is 0.320 e. The molecule has 1 rings (SSSR count). The molecule has 0 saturated heterocycles. The van der Waals surface area contributed by atoms with E-state index in [4.69, 9.17) is 5.73 Å². The van der Waals surface area contributed by atoms with Crippen LogP contribution in [0.25, 0.3) is 0 Å². The number of hydrogen-bond acceptors (Lipinski definition) is 3. The van der Waals surface area contributed by atoms with Crippen molar-refractivity contribution in [2.24, 2.45) is 5.73 Å². The summed E-state index contributed by atoms with van der Waals surface area (Å²) in [5, 5.41) is 2.11. The number of hydrogen-bond donors (Lipinski definition) is 1. The first-order valence-corrected chi connectivity index (χ1v) is 6.94. The number of nitrogens with zero attached hydrogens (tertiary/aromatic N) is 1. The van der Waals surface area contributed by atoms with Crippen molar-refractivity contribution in [1.82, 2.24) is 4.90 Å². The molecule has 0 radical (unpaired) electrons. The second kappa shape index (κ2) is 6.80. The van der Waals surface area contributed by atoms with Crippen LogP contribution in [0.15, 0.2) is 11.4 Å². The van der Waals surface area contributed by atoms with Gasteiger partial charge in [0.2, 0.25) is 0 Å². The molecule has 0 atom stereocenters. The highest BCUT2D eigenvalue weighted by Crippen LogP contribution is 2.19. The quantitative estimate of drug-likeness (QED) is 0.833. The third kappa shape index (κ3) is 4.51. The van der Waals surface area contributed by atoms with Gasteiger partial charge in [0.15, 0.2) is 0 Å². The van der Waals surface area contributed by atoms with Crippen LogP contribution in [0.2, 0.25) is 0 Å². The zero-order chi connectivity index (χ0) is 12.8. The molecule has 0 aliphatic carbocycles. The predicted octanol–water partition coefficient (Wildman–Crippen LogP) is 2.68. The molecule has 17 heavy (non-hydrogen) atoms. The van der Waals surface area contributed by atoms with Crippen LogP contribution in [0.1, 0.15) is 38.1 Å². The molecule has 0 spiro atoms. The molecular weight excluding hydrogens is 228 g/mol. The molecule has 0 aliphatic rings. The number of thiophene rings is 1. The van der Waals surface area contributed by atoms with Crippen LogP contribution in [0, 0.1) is 11.8 Å². The van der Waals surface area contributed by atoms with Crippen molar-refractivity contribution in [3.05, 3.63) is 21.9 Å². The van der Waals surface area contributed by atoms with E-state index >= 15 is 0 Å². The average molecular weight is 250 g/mol. The summed E-state index contributed by atoms with van der Waals surface area (Å²) in [5.74, 6) is 5.96. The Morgan fingerprint density at radius 3 is 2.47 bits per heavy atom. The fraction of sp³-hybridized carbons (Fsp3) is 0.571. The van der Waals surface area contributed by atoms with E-state index in [-0.39, 0.29) is 0 Å². The molecular formula is C14H22N2S. The molecule has 0 fully saturated rings. The van der Waals surface area contributed by atoms with Crippen LogP contribution < -0.4 is 5.73 Å². The monoisotopic (exact) mass is 250 g/mol. The third-order valence-corrected chi connectivity index (χ3v) is 3.58. The first-order chi connectivity index (χ1) is 8.04. The van der Waals surface area contributed by atoms with E-state index in [2.05, 4.69) is 55.9 Å². The van der Waals surface area contributed by atoms with Crippen molar-refractivity contribution in [1.29, 1.82) is 0 Å². The molecule has 0 unspecified atom stereocenters. The summed E-state index contributed by atoms with van der Waals surface area (Å²) in [6, 6.07) is 3.30. The summed E-state index contributed by atoms with van der Waals surface area (Å²) in [5.41, 5.74) is 6.45. The van der Waals surface area contributed by atoms with Crippen LogP contribution in [-0.4, -0.2) is 23.5 Å². The normalized spacial score (nSPS) is 11.1. The summed E-state index contributed by atoms with van der Waals surface area (Å²) in [4.78, 5) is 3.85. The van der Waals surface area contributed by atoms with Gasteiger partial charge in [0.05, 0.1) is 6.54 Å². The zero-order valence-electron chi connectivity index (χ0n) is 11.2. The molecule has 1 aromatic rings. The first-order valence-electron chi connectivity index (χ1n) is 6.06. The fourth-order valence-corrected chi connectivity index (χ4v) is 2.65. The molecule has 0 amide bonds. The molecule has 0 bridgehead atoms. The highest BCUT2D eigenvalue weighted by atomic mass is 32.1. The van der Waals surface area contributed by atoms with Gasteiger partial charge >= 0.3 is 0 Å². The van der Waals surface area contributed by atoms with Crippen LogP contribution in [0.3, 0.4) is 0 Å². The van der Waals surface area contributed by atoms with Gasteiger partial charge in [-0.2, -0.15) is 0 Å². The van der Waals surface area contributed by atoms with Gasteiger partial charge in [-0.1, -0.05) is 11.8 Å². The molecule has 2 N–H and O–H groups in total. The standard InChI is InChI=1S/C14H22N2S/c1-11(2)16(12(3)4)9-14-8-13(10-17-14)6-5-7-15/h8,10-12H,7,9,15H2,1-4H3. The minimum absolute atomic E-state index is 0.426. The minimum atomic E-state index is 0.426. The smallest absolute Gasteiger partial charge is 0.0555 e. The second-order valence-corrected chi connectivity index (χ2v) is 5.66. The van der Waals surface area contributed by atoms with E-state index in [1.54, 1.807) is 11.3 Å². The first kappa shape index (κ1) is 14.2. The number of nitrogens with two attached hydrogens (primary N) is 1. The van der Waals surface area contributed by atoms with Gasteiger partial charge in [0.1, 0.15) is 0 Å². The summed E-state index contributed by atoms with van der Waals surface area (Å²) >= 11 is 1.78. The van der Waals surface area contributed by atoms with Crippen molar-refractivity contribution in [2.75, 3.05) is 6.54 Å². The maximum Gasteiger partial charge on any atom is 0.0555 e. The topological polar surface area (TPSA) is 29.3 Å². The average Bonchev–Trinajstić information content (AvgIpc) is 2.70. The predicted molar refractivity (Wildman–Crippen MR) is 76.1 cm³/mol. The lowest BCUT2D eigenvalue weighted by Crippen LogP contribution is -2.36. The van der Waals surface area contributed by atoms with Gasteiger partial charge < -0.3 is 5.73 Å². The summed E-state index contributed by atoms with van der Waals surface area (Å²) in [6.07, 6.45) is 0. The van der Waals surface area contributed by atoms with E-state index in [1.807, 2.05) is 0 Å². The fourth-order valence-electron chi connectivity index (χ4n) is 1.82. The van der Waals surface area contributed by atoms with Gasteiger partial charge in [0, 0.05) is 34.4 Å². The SMILES string of the molecule is CC(C)N(Cc1cc(C#CCN)cs1)C(C)C. The lowest BCUT2D eigenvalue weighted by molar-refractivity contribution is 0.167. The van der Waals surface area contributed by atoms with Crippen molar-refractivity contribution in [3.8, 4) is 11.8 Å². The van der Waals surface area contributed by atoms with Gasteiger partial charge in [-0.05, 0) is 33.8 Å². The Hall–Kier alpha value is -0.820. The highest BCUT2D eigenvalue weighted by molar-refractivity contribution is 7.10. The Morgan fingerprint density at radius 1 is 1.29 bits per heavy atom. The maximum atomic E-state index is 5.36. The molecule has 1 heterocycles. The third-order valence-electron chi connectivity index (χ3n) is 2.65.